The summed E-state index contributed by atoms with van der Waals surface area (Å²) < 4.78 is 29.1. The lowest BCUT2D eigenvalue weighted by atomic mass is 10.2. The van der Waals surface area contributed by atoms with Crippen LogP contribution in [0.3, 0.4) is 0 Å². The van der Waals surface area contributed by atoms with Gasteiger partial charge in [0.2, 0.25) is 0 Å². The van der Waals surface area contributed by atoms with Gasteiger partial charge in [-0.1, -0.05) is 13.0 Å². The number of alkyl halides is 2. The molecule has 0 radical (unpaired) electrons. The second kappa shape index (κ2) is 7.87. The van der Waals surface area contributed by atoms with Gasteiger partial charge in [0.25, 0.3) is 0 Å². The summed E-state index contributed by atoms with van der Waals surface area (Å²) in [7, 11) is 0. The SMILES string of the molecule is CC[C@H](NC(=O)Nc1cccc(OC(F)F)c1C)c1nccs1. The van der Waals surface area contributed by atoms with Crippen molar-refractivity contribution in [3.63, 3.8) is 0 Å². The number of hydrogen-bond acceptors (Lipinski definition) is 4. The van der Waals surface area contributed by atoms with E-state index in [0.29, 0.717) is 17.7 Å². The molecule has 1 heterocycles. The molecule has 5 nitrogen and oxygen atoms in total. The quantitative estimate of drug-likeness (QED) is 0.822. The van der Waals surface area contributed by atoms with Gasteiger partial charge >= 0.3 is 12.6 Å². The van der Waals surface area contributed by atoms with Crippen molar-refractivity contribution in [2.45, 2.75) is 32.9 Å². The van der Waals surface area contributed by atoms with Crippen LogP contribution in [0.2, 0.25) is 0 Å². The smallest absolute Gasteiger partial charge is 0.387 e. The van der Waals surface area contributed by atoms with Crippen LogP contribution in [-0.2, 0) is 0 Å². The van der Waals surface area contributed by atoms with Crippen molar-refractivity contribution in [3.8, 4) is 5.75 Å². The molecule has 2 amide bonds. The minimum absolute atomic E-state index is 0.0322. The first kappa shape index (κ1) is 17.1. The highest BCUT2D eigenvalue weighted by Gasteiger charge is 2.16. The van der Waals surface area contributed by atoms with E-state index in [0.717, 1.165) is 5.01 Å². The number of nitrogens with zero attached hydrogens (tertiary/aromatic N) is 1. The summed E-state index contributed by atoms with van der Waals surface area (Å²) in [5, 5.41) is 8.12. The molecule has 0 aliphatic rings. The minimum Gasteiger partial charge on any atom is -0.434 e. The van der Waals surface area contributed by atoms with Crippen molar-refractivity contribution in [2.75, 3.05) is 5.32 Å². The van der Waals surface area contributed by atoms with Crippen LogP contribution >= 0.6 is 11.3 Å². The number of halogens is 2. The molecule has 8 heteroatoms. The Hall–Kier alpha value is -2.22. The van der Waals surface area contributed by atoms with Crippen molar-refractivity contribution in [3.05, 3.63) is 40.3 Å². The normalized spacial score (nSPS) is 12.0. The van der Waals surface area contributed by atoms with Gasteiger partial charge in [0.15, 0.2) is 0 Å². The summed E-state index contributed by atoms with van der Waals surface area (Å²) >= 11 is 1.46. The van der Waals surface area contributed by atoms with Gasteiger partial charge in [-0.3, -0.25) is 0 Å². The minimum atomic E-state index is -2.91. The Morgan fingerprint density at radius 1 is 1.43 bits per heavy atom. The van der Waals surface area contributed by atoms with E-state index >= 15 is 0 Å². The lowest BCUT2D eigenvalue weighted by Gasteiger charge is -2.17. The number of amides is 2. The highest BCUT2D eigenvalue weighted by atomic mass is 32.1. The molecule has 1 atom stereocenters. The average molecular weight is 341 g/mol. The number of carbonyl (C=O) groups is 1. The zero-order valence-corrected chi connectivity index (χ0v) is 13.5. The monoisotopic (exact) mass is 341 g/mol. The van der Waals surface area contributed by atoms with E-state index in [1.54, 1.807) is 25.3 Å². The number of benzene rings is 1. The zero-order valence-electron chi connectivity index (χ0n) is 12.7. The summed E-state index contributed by atoms with van der Waals surface area (Å²) in [5.74, 6) is 0.0322. The van der Waals surface area contributed by atoms with E-state index in [1.807, 2.05) is 12.3 Å². The number of aromatic nitrogens is 1. The molecule has 0 aliphatic heterocycles. The Labute approximate surface area is 136 Å². The van der Waals surface area contributed by atoms with Crippen LogP contribution in [0.15, 0.2) is 29.8 Å². The van der Waals surface area contributed by atoms with Crippen LogP contribution in [0, 0.1) is 6.92 Å². The number of ether oxygens (including phenoxy) is 1. The van der Waals surface area contributed by atoms with Crippen LogP contribution in [0.25, 0.3) is 0 Å². The van der Waals surface area contributed by atoms with Crippen LogP contribution in [0.1, 0.15) is 30.0 Å². The Kier molecular flexibility index (Phi) is 5.86. The average Bonchev–Trinajstić information content (AvgIpc) is 3.02. The van der Waals surface area contributed by atoms with Crippen molar-refractivity contribution in [1.29, 1.82) is 0 Å². The summed E-state index contributed by atoms with van der Waals surface area (Å²) in [4.78, 5) is 16.3. The summed E-state index contributed by atoms with van der Waals surface area (Å²) in [5.41, 5.74) is 0.847. The fourth-order valence-electron chi connectivity index (χ4n) is 2.04. The summed E-state index contributed by atoms with van der Waals surface area (Å²) in [6, 6.07) is 3.96. The predicted molar refractivity (Wildman–Crippen MR) is 85.1 cm³/mol. The molecule has 0 unspecified atom stereocenters. The van der Waals surface area contributed by atoms with E-state index in [4.69, 9.17) is 0 Å². The Morgan fingerprint density at radius 2 is 2.22 bits per heavy atom. The molecular weight excluding hydrogens is 324 g/mol. The van der Waals surface area contributed by atoms with Gasteiger partial charge in [-0.15, -0.1) is 11.3 Å². The topological polar surface area (TPSA) is 63.2 Å². The third-order valence-electron chi connectivity index (χ3n) is 3.21. The predicted octanol–water partition coefficient (Wildman–Crippen LogP) is 4.33. The van der Waals surface area contributed by atoms with E-state index in [2.05, 4.69) is 20.4 Å². The fraction of sp³-hybridized carbons (Fsp3) is 0.333. The Bertz CT molecular complexity index is 650. The molecule has 0 aliphatic carbocycles. The number of anilines is 1. The molecule has 124 valence electrons. The molecular formula is C15H17F2N3O2S. The van der Waals surface area contributed by atoms with Gasteiger partial charge in [0, 0.05) is 22.8 Å². The van der Waals surface area contributed by atoms with E-state index in [-0.39, 0.29) is 11.8 Å². The van der Waals surface area contributed by atoms with Crippen molar-refractivity contribution in [2.24, 2.45) is 0 Å². The first-order valence-corrected chi connectivity index (χ1v) is 7.90. The third-order valence-corrected chi connectivity index (χ3v) is 4.10. The van der Waals surface area contributed by atoms with E-state index in [9.17, 15) is 13.6 Å². The molecule has 0 bridgehead atoms. The highest BCUT2D eigenvalue weighted by molar-refractivity contribution is 7.09. The van der Waals surface area contributed by atoms with Crippen LogP contribution < -0.4 is 15.4 Å². The van der Waals surface area contributed by atoms with Crippen LogP contribution in [-0.4, -0.2) is 17.6 Å². The van der Waals surface area contributed by atoms with E-state index in [1.165, 1.54) is 17.4 Å². The van der Waals surface area contributed by atoms with Gasteiger partial charge in [-0.05, 0) is 25.5 Å². The second-order valence-electron chi connectivity index (χ2n) is 4.74. The molecule has 0 fully saturated rings. The van der Waals surface area contributed by atoms with Crippen molar-refractivity contribution in [1.82, 2.24) is 10.3 Å². The van der Waals surface area contributed by atoms with Crippen LogP contribution in [0.4, 0.5) is 19.3 Å². The number of urea groups is 1. The molecule has 0 saturated carbocycles. The second-order valence-corrected chi connectivity index (χ2v) is 5.66. The maximum absolute atomic E-state index is 12.3. The lowest BCUT2D eigenvalue weighted by molar-refractivity contribution is -0.0502. The summed E-state index contributed by atoms with van der Waals surface area (Å²) in [6.07, 6.45) is 2.37. The van der Waals surface area contributed by atoms with Crippen molar-refractivity contribution < 1.29 is 18.3 Å². The highest BCUT2D eigenvalue weighted by Crippen LogP contribution is 2.27. The molecule has 1 aromatic carbocycles. The number of hydrogen-bond donors (Lipinski definition) is 2. The lowest BCUT2D eigenvalue weighted by Crippen LogP contribution is -2.32. The first-order valence-electron chi connectivity index (χ1n) is 7.02. The van der Waals surface area contributed by atoms with Crippen molar-refractivity contribution >= 4 is 23.1 Å². The third kappa shape index (κ3) is 4.62. The maximum Gasteiger partial charge on any atom is 0.387 e. The molecule has 23 heavy (non-hydrogen) atoms. The fourth-order valence-corrected chi connectivity index (χ4v) is 2.81. The molecule has 2 rings (SSSR count). The summed E-state index contributed by atoms with van der Waals surface area (Å²) in [6.45, 7) is 0.632. The number of thiazole rings is 1. The van der Waals surface area contributed by atoms with Gasteiger partial charge in [0.1, 0.15) is 10.8 Å². The van der Waals surface area contributed by atoms with Gasteiger partial charge < -0.3 is 15.4 Å². The van der Waals surface area contributed by atoms with Gasteiger partial charge in [-0.25, -0.2) is 9.78 Å². The molecule has 2 N–H and O–H groups in total. The Balaban J connectivity index is 2.05. The maximum atomic E-state index is 12.3. The molecule has 0 spiro atoms. The first-order chi connectivity index (χ1) is 11.0. The molecule has 0 saturated heterocycles. The van der Waals surface area contributed by atoms with Gasteiger partial charge in [-0.2, -0.15) is 8.78 Å². The van der Waals surface area contributed by atoms with Gasteiger partial charge in [0.05, 0.1) is 6.04 Å². The zero-order chi connectivity index (χ0) is 16.8. The number of rotatable bonds is 6. The number of nitrogens with one attached hydrogen (secondary N) is 2. The largest absolute Gasteiger partial charge is 0.434 e. The van der Waals surface area contributed by atoms with Crippen LogP contribution in [0.5, 0.6) is 5.75 Å². The molecule has 1 aromatic heterocycles. The molecule has 2 aromatic rings. The Morgan fingerprint density at radius 3 is 2.83 bits per heavy atom. The van der Waals surface area contributed by atoms with E-state index < -0.39 is 12.6 Å². The number of carbonyl (C=O) groups excluding carboxylic acids is 1. The standard InChI is InChI=1S/C15H17F2N3O2S/c1-3-10(13-18-7-8-23-13)19-15(21)20-11-5-4-6-12(9(11)2)22-14(16)17/h4-8,10,14H,3H2,1-2H3,(H2,19,20,21)/t10-/m0/s1.